The van der Waals surface area contributed by atoms with Gasteiger partial charge in [0.05, 0.1) is 4.90 Å². The summed E-state index contributed by atoms with van der Waals surface area (Å²) in [5, 5.41) is 0.492. The number of aromatic nitrogens is 2. The van der Waals surface area contributed by atoms with Crippen molar-refractivity contribution in [2.24, 2.45) is 0 Å². The molecule has 1 aromatic carbocycles. The molecule has 0 aliphatic carbocycles. The van der Waals surface area contributed by atoms with Crippen LogP contribution in [0.2, 0.25) is 5.02 Å². The second-order valence-electron chi connectivity index (χ2n) is 5.69. The van der Waals surface area contributed by atoms with E-state index in [1.807, 2.05) is 11.8 Å². The Bertz CT molecular complexity index is 904. The smallest absolute Gasteiger partial charge is 0.293 e. The molecule has 0 amide bonds. The molecule has 0 unspecified atom stereocenters. The zero-order valence-electron chi connectivity index (χ0n) is 13.8. The molecule has 0 spiro atoms. The minimum Gasteiger partial charge on any atom is -0.349 e. The Labute approximate surface area is 151 Å². The monoisotopic (exact) mass is 382 g/mol. The van der Waals surface area contributed by atoms with Crippen LogP contribution < -0.4 is 10.5 Å². The fourth-order valence-corrected chi connectivity index (χ4v) is 4.35. The second-order valence-corrected chi connectivity index (χ2v) is 8.06. The Kier molecular flexibility index (Phi) is 5.12. The van der Waals surface area contributed by atoms with Gasteiger partial charge in [-0.05, 0) is 31.2 Å². The van der Waals surface area contributed by atoms with Gasteiger partial charge in [-0.2, -0.15) is 4.31 Å². The van der Waals surface area contributed by atoms with Gasteiger partial charge in [0.2, 0.25) is 10.0 Å². The molecule has 0 atom stereocenters. The maximum Gasteiger partial charge on any atom is 0.293 e. The van der Waals surface area contributed by atoms with Gasteiger partial charge in [-0.15, -0.1) is 0 Å². The zero-order valence-corrected chi connectivity index (χ0v) is 15.4. The SMILES string of the molecule is CCn1ccnc(N2CCN(S(=O)(=O)c3ccc(Cl)cc3)CC2)c1=O. The molecule has 0 saturated carbocycles. The molecule has 0 radical (unpaired) electrons. The lowest BCUT2D eigenvalue weighted by Gasteiger charge is -2.34. The van der Waals surface area contributed by atoms with Crippen LogP contribution in [0.1, 0.15) is 6.92 Å². The Morgan fingerprint density at radius 1 is 1.12 bits per heavy atom. The van der Waals surface area contributed by atoms with Crippen molar-refractivity contribution in [2.75, 3.05) is 31.1 Å². The Morgan fingerprint density at radius 2 is 1.76 bits per heavy atom. The van der Waals surface area contributed by atoms with Crippen LogP contribution in [0, 0.1) is 0 Å². The lowest BCUT2D eigenvalue weighted by molar-refractivity contribution is 0.383. The first-order chi connectivity index (χ1) is 11.9. The molecule has 7 nitrogen and oxygen atoms in total. The summed E-state index contributed by atoms with van der Waals surface area (Å²) < 4.78 is 28.4. The van der Waals surface area contributed by atoms with E-state index in [0.717, 1.165) is 0 Å². The first kappa shape index (κ1) is 17.9. The van der Waals surface area contributed by atoms with Crippen molar-refractivity contribution in [1.29, 1.82) is 0 Å². The molecule has 0 bridgehead atoms. The summed E-state index contributed by atoms with van der Waals surface area (Å²) in [5.41, 5.74) is -0.154. The molecule has 134 valence electrons. The number of halogens is 1. The molecule has 1 aromatic heterocycles. The third kappa shape index (κ3) is 3.56. The van der Waals surface area contributed by atoms with Crippen molar-refractivity contribution < 1.29 is 8.42 Å². The van der Waals surface area contributed by atoms with E-state index in [9.17, 15) is 13.2 Å². The molecule has 1 aliphatic heterocycles. The van der Waals surface area contributed by atoms with Gasteiger partial charge in [0.1, 0.15) is 0 Å². The predicted octanol–water partition coefficient (Wildman–Crippen LogP) is 1.43. The maximum atomic E-state index is 12.7. The highest BCUT2D eigenvalue weighted by molar-refractivity contribution is 7.89. The highest BCUT2D eigenvalue weighted by atomic mass is 35.5. The quantitative estimate of drug-likeness (QED) is 0.799. The van der Waals surface area contributed by atoms with E-state index in [4.69, 9.17) is 11.6 Å². The highest BCUT2D eigenvalue weighted by Gasteiger charge is 2.29. The predicted molar refractivity (Wildman–Crippen MR) is 96.6 cm³/mol. The normalized spacial score (nSPS) is 16.2. The number of rotatable bonds is 4. The van der Waals surface area contributed by atoms with E-state index < -0.39 is 10.0 Å². The highest BCUT2D eigenvalue weighted by Crippen LogP contribution is 2.20. The summed E-state index contributed by atoms with van der Waals surface area (Å²) in [6.07, 6.45) is 3.24. The Morgan fingerprint density at radius 3 is 2.36 bits per heavy atom. The number of sulfonamides is 1. The van der Waals surface area contributed by atoms with Crippen LogP contribution in [-0.4, -0.2) is 48.5 Å². The number of piperazine rings is 1. The minimum absolute atomic E-state index is 0.154. The summed E-state index contributed by atoms with van der Waals surface area (Å²) in [7, 11) is -3.56. The molecule has 25 heavy (non-hydrogen) atoms. The molecule has 3 rings (SSSR count). The van der Waals surface area contributed by atoms with Crippen LogP contribution >= 0.6 is 11.6 Å². The van der Waals surface area contributed by atoms with Gasteiger partial charge < -0.3 is 9.47 Å². The first-order valence-electron chi connectivity index (χ1n) is 7.99. The number of anilines is 1. The largest absolute Gasteiger partial charge is 0.349 e. The van der Waals surface area contributed by atoms with Crippen molar-refractivity contribution in [2.45, 2.75) is 18.4 Å². The van der Waals surface area contributed by atoms with Crippen LogP contribution in [0.5, 0.6) is 0 Å². The van der Waals surface area contributed by atoms with Gasteiger partial charge in [-0.3, -0.25) is 4.79 Å². The summed E-state index contributed by atoms with van der Waals surface area (Å²) in [5.74, 6) is 0.368. The van der Waals surface area contributed by atoms with Gasteiger partial charge in [-0.25, -0.2) is 13.4 Å². The average molecular weight is 383 g/mol. The topological polar surface area (TPSA) is 75.5 Å². The first-order valence-corrected chi connectivity index (χ1v) is 9.81. The lowest BCUT2D eigenvalue weighted by atomic mass is 10.3. The number of nitrogens with zero attached hydrogens (tertiary/aromatic N) is 4. The van der Waals surface area contributed by atoms with Crippen molar-refractivity contribution in [3.63, 3.8) is 0 Å². The molecule has 2 heterocycles. The van der Waals surface area contributed by atoms with Crippen molar-refractivity contribution in [3.05, 3.63) is 52.0 Å². The average Bonchev–Trinajstić information content (AvgIpc) is 2.62. The van der Waals surface area contributed by atoms with E-state index in [-0.39, 0.29) is 10.5 Å². The zero-order chi connectivity index (χ0) is 18.0. The van der Waals surface area contributed by atoms with Crippen molar-refractivity contribution in [3.8, 4) is 0 Å². The molecule has 1 saturated heterocycles. The molecular weight excluding hydrogens is 364 g/mol. The number of hydrogen-bond donors (Lipinski definition) is 0. The Hall–Kier alpha value is -1.90. The standard InChI is InChI=1S/C16H19ClN4O3S/c1-2-19-8-7-18-15(16(19)22)20-9-11-21(12-10-20)25(23,24)14-5-3-13(17)4-6-14/h3-8H,2,9-12H2,1H3. The lowest BCUT2D eigenvalue weighted by Crippen LogP contribution is -2.50. The minimum atomic E-state index is -3.56. The summed E-state index contributed by atoms with van der Waals surface area (Å²) in [6, 6.07) is 6.13. The van der Waals surface area contributed by atoms with E-state index in [0.29, 0.717) is 43.6 Å². The summed E-state index contributed by atoms with van der Waals surface area (Å²) >= 11 is 5.82. The number of benzene rings is 1. The fraction of sp³-hybridized carbons (Fsp3) is 0.375. The van der Waals surface area contributed by atoms with Crippen LogP contribution in [0.4, 0.5) is 5.82 Å². The second kappa shape index (κ2) is 7.15. The third-order valence-electron chi connectivity index (χ3n) is 4.23. The van der Waals surface area contributed by atoms with Crippen molar-refractivity contribution >= 4 is 27.4 Å². The van der Waals surface area contributed by atoms with E-state index in [1.165, 1.54) is 16.4 Å². The molecule has 1 aliphatic rings. The number of hydrogen-bond acceptors (Lipinski definition) is 5. The van der Waals surface area contributed by atoms with E-state index in [2.05, 4.69) is 4.98 Å². The van der Waals surface area contributed by atoms with Gasteiger partial charge in [-0.1, -0.05) is 11.6 Å². The molecular formula is C16H19ClN4O3S. The summed E-state index contributed by atoms with van der Waals surface area (Å²) in [4.78, 5) is 18.6. The molecule has 0 N–H and O–H groups in total. The fourth-order valence-electron chi connectivity index (χ4n) is 2.80. The van der Waals surface area contributed by atoms with Crippen LogP contribution in [0.3, 0.4) is 0 Å². The van der Waals surface area contributed by atoms with E-state index in [1.54, 1.807) is 29.1 Å². The third-order valence-corrected chi connectivity index (χ3v) is 6.39. The van der Waals surface area contributed by atoms with E-state index >= 15 is 0 Å². The van der Waals surface area contributed by atoms with Crippen LogP contribution in [0.15, 0.2) is 46.3 Å². The van der Waals surface area contributed by atoms with Gasteiger partial charge in [0.15, 0.2) is 5.82 Å². The maximum absolute atomic E-state index is 12.7. The van der Waals surface area contributed by atoms with Crippen LogP contribution in [-0.2, 0) is 16.6 Å². The molecule has 2 aromatic rings. The Balaban J connectivity index is 1.76. The van der Waals surface area contributed by atoms with Gasteiger partial charge in [0.25, 0.3) is 5.56 Å². The van der Waals surface area contributed by atoms with Gasteiger partial charge in [0, 0.05) is 50.1 Å². The number of aryl methyl sites for hydroxylation is 1. The summed E-state index contributed by atoms with van der Waals surface area (Å²) in [6.45, 7) is 3.90. The van der Waals surface area contributed by atoms with Crippen LogP contribution in [0.25, 0.3) is 0 Å². The molecule has 9 heteroatoms. The van der Waals surface area contributed by atoms with Gasteiger partial charge >= 0.3 is 0 Å². The van der Waals surface area contributed by atoms with Crippen molar-refractivity contribution in [1.82, 2.24) is 13.9 Å². The molecule has 1 fully saturated rings.